The maximum Gasteiger partial charge on any atom is 0.312 e. The maximum atomic E-state index is 14.2. The van der Waals surface area contributed by atoms with Crippen molar-refractivity contribution in [3.05, 3.63) is 42.2 Å². The smallest absolute Gasteiger partial charge is 0.312 e. The average molecular weight is 806 g/mol. The summed E-state index contributed by atoms with van der Waals surface area (Å²) in [6, 6.07) is 6.71. The topological polar surface area (TPSA) is 177 Å². The summed E-state index contributed by atoms with van der Waals surface area (Å²) in [7, 11) is 6.84. The van der Waals surface area contributed by atoms with Crippen molar-refractivity contribution >= 4 is 23.5 Å². The molecule has 0 unspecified atom stereocenters. The van der Waals surface area contributed by atoms with E-state index >= 15 is 0 Å². The highest BCUT2D eigenvalue weighted by Gasteiger charge is 2.53. The van der Waals surface area contributed by atoms with Gasteiger partial charge in [0, 0.05) is 30.9 Å². The summed E-state index contributed by atoms with van der Waals surface area (Å²) >= 11 is 0. The van der Waals surface area contributed by atoms with Gasteiger partial charge in [-0.1, -0.05) is 39.8 Å². The van der Waals surface area contributed by atoms with Crippen LogP contribution in [0.25, 0.3) is 0 Å². The van der Waals surface area contributed by atoms with Crippen molar-refractivity contribution in [2.24, 2.45) is 23.7 Å². The zero-order chi connectivity index (χ0) is 43.0. The second-order valence-corrected chi connectivity index (χ2v) is 16.6. The number of carbonyl (C=O) groups excluding carboxylic acids is 4. The van der Waals surface area contributed by atoms with Gasteiger partial charge in [0.25, 0.3) is 0 Å². The number of carbonyl (C=O) groups is 4. The molecule has 14 heteroatoms. The monoisotopic (exact) mass is 805 g/mol. The van der Waals surface area contributed by atoms with Crippen LogP contribution in [0.4, 0.5) is 0 Å². The number of benzene rings is 1. The van der Waals surface area contributed by atoms with Crippen LogP contribution in [0.1, 0.15) is 87.1 Å². The highest BCUT2D eigenvalue weighted by Crippen LogP contribution is 2.40. The van der Waals surface area contributed by atoms with Gasteiger partial charge in [0.2, 0.25) is 0 Å². The number of hydrogen-bond donors (Lipinski definition) is 2. The lowest BCUT2D eigenvalue weighted by molar-refractivity contribution is -0.302. The van der Waals surface area contributed by atoms with Gasteiger partial charge in [-0.2, -0.15) is 0 Å². The van der Waals surface area contributed by atoms with E-state index in [9.17, 15) is 29.4 Å². The van der Waals surface area contributed by atoms with Crippen molar-refractivity contribution in [1.82, 2.24) is 4.90 Å². The van der Waals surface area contributed by atoms with Gasteiger partial charge in [-0.05, 0) is 85.7 Å². The number of ether oxygens (including phenoxy) is 7. The summed E-state index contributed by atoms with van der Waals surface area (Å²) in [5.41, 5.74) is -2.68. The Morgan fingerprint density at radius 2 is 1.63 bits per heavy atom. The Morgan fingerprint density at radius 3 is 2.18 bits per heavy atom. The maximum absolute atomic E-state index is 14.2. The molecule has 0 amide bonds. The molecule has 1 aromatic rings. The van der Waals surface area contributed by atoms with Gasteiger partial charge in [-0.3, -0.25) is 19.2 Å². The normalized spacial score (nSPS) is 37.3. The van der Waals surface area contributed by atoms with Gasteiger partial charge >= 0.3 is 11.9 Å². The minimum absolute atomic E-state index is 0.0637. The first-order valence-electron chi connectivity index (χ1n) is 19.9. The molecule has 0 aliphatic carbocycles. The van der Waals surface area contributed by atoms with Crippen LogP contribution in [-0.2, 0) is 54.0 Å². The van der Waals surface area contributed by atoms with Crippen LogP contribution in [0, 0.1) is 23.7 Å². The third-order valence-electron chi connectivity index (χ3n) is 11.8. The molecule has 0 bridgehead atoms. The van der Waals surface area contributed by atoms with Crippen molar-refractivity contribution in [2.45, 2.75) is 148 Å². The molecule has 2 aliphatic heterocycles. The number of rotatable bonds is 12. The number of ketones is 2. The highest BCUT2D eigenvalue weighted by molar-refractivity contribution is 5.86. The van der Waals surface area contributed by atoms with E-state index < -0.39 is 83.6 Å². The molecule has 322 valence electrons. The Hall–Kier alpha value is -3.40. The summed E-state index contributed by atoms with van der Waals surface area (Å²) in [5.74, 6) is -5.12. The van der Waals surface area contributed by atoms with Crippen LogP contribution in [0.2, 0.25) is 0 Å². The Kier molecular flexibility index (Phi) is 17.3. The molecule has 1 aromatic carbocycles. The predicted molar refractivity (Wildman–Crippen MR) is 211 cm³/mol. The summed E-state index contributed by atoms with van der Waals surface area (Å²) in [4.78, 5) is 55.9. The average Bonchev–Trinajstić information content (AvgIpc) is 3.16. The lowest BCUT2D eigenvalue weighted by Gasteiger charge is -2.49. The fourth-order valence-corrected chi connectivity index (χ4v) is 8.24. The predicted octanol–water partition coefficient (Wildman–Crippen LogP) is 4.44. The number of Topliss-reactive ketones (excluding diaryl/α,β-unsaturated/α-hetero) is 1. The fourth-order valence-electron chi connectivity index (χ4n) is 8.24. The van der Waals surface area contributed by atoms with E-state index in [0.717, 1.165) is 0 Å². The van der Waals surface area contributed by atoms with E-state index in [1.807, 2.05) is 25.9 Å². The minimum Gasteiger partial charge on any atom is -0.497 e. The first kappa shape index (κ1) is 48.0. The number of nitrogens with zero attached hydrogens (tertiary/aromatic N) is 1. The lowest BCUT2D eigenvalue weighted by atomic mass is 9.74. The van der Waals surface area contributed by atoms with E-state index in [0.29, 0.717) is 17.7 Å². The Labute approximate surface area is 338 Å². The third-order valence-corrected chi connectivity index (χ3v) is 11.8. The summed E-state index contributed by atoms with van der Waals surface area (Å²) in [5, 5.41) is 23.1. The molecule has 2 N–H and O–H groups in total. The SMILES string of the molecule is CC[C@H]1OC(=O)[C@H](C)[C@@H](OC(=O)Cc2ccc(OC)cc2)[C@H](C)[C@@H](O[C@@H]2O[C@H](C)C[C@H](N(C)C)[C@H]2O/C=C/C(C)=O)[C@@](C)(OC)C[C@@H](C)C(=O)[C@H](C)[C@@H](O)[C@]1(C)O. The van der Waals surface area contributed by atoms with E-state index in [2.05, 4.69) is 0 Å². The molecule has 57 heavy (non-hydrogen) atoms. The van der Waals surface area contributed by atoms with Gasteiger partial charge in [-0.25, -0.2) is 0 Å². The molecule has 2 aliphatic rings. The summed E-state index contributed by atoms with van der Waals surface area (Å²) in [6.07, 6.45) is -3.91. The van der Waals surface area contributed by atoms with Crippen molar-refractivity contribution in [3.8, 4) is 5.75 Å². The molecule has 2 heterocycles. The zero-order valence-corrected chi connectivity index (χ0v) is 36.1. The Morgan fingerprint density at radius 1 is 1.00 bits per heavy atom. The molecule has 0 radical (unpaired) electrons. The van der Waals surface area contributed by atoms with E-state index in [-0.39, 0.29) is 43.0 Å². The minimum atomic E-state index is -2.00. The summed E-state index contributed by atoms with van der Waals surface area (Å²) in [6.45, 7) is 14.7. The van der Waals surface area contributed by atoms with Crippen molar-refractivity contribution < 1.29 is 62.5 Å². The van der Waals surface area contributed by atoms with Crippen LogP contribution in [-0.4, -0.2) is 127 Å². The van der Waals surface area contributed by atoms with Crippen LogP contribution in [0.3, 0.4) is 0 Å². The molecular weight excluding hydrogens is 738 g/mol. The van der Waals surface area contributed by atoms with E-state index in [1.165, 1.54) is 40.2 Å². The van der Waals surface area contributed by atoms with Crippen LogP contribution in [0.15, 0.2) is 36.6 Å². The number of likely N-dealkylation sites (N-methyl/N-ethyl adjacent to an activating group) is 1. The number of cyclic esters (lactones) is 1. The quantitative estimate of drug-likeness (QED) is 0.172. The fraction of sp³-hybridized carbons (Fsp3) is 0.721. The second kappa shape index (κ2) is 20.5. The lowest BCUT2D eigenvalue weighted by Crippen LogP contribution is -2.61. The van der Waals surface area contributed by atoms with Gasteiger partial charge < -0.3 is 48.3 Å². The molecule has 0 spiro atoms. The van der Waals surface area contributed by atoms with Crippen LogP contribution in [0.5, 0.6) is 5.75 Å². The molecule has 14 atom stereocenters. The number of aliphatic hydroxyl groups is 2. The number of aliphatic hydroxyl groups excluding tert-OH is 1. The van der Waals surface area contributed by atoms with E-state index in [1.54, 1.807) is 66.0 Å². The van der Waals surface area contributed by atoms with Crippen molar-refractivity contribution in [1.29, 1.82) is 0 Å². The first-order valence-corrected chi connectivity index (χ1v) is 19.9. The van der Waals surface area contributed by atoms with Crippen molar-refractivity contribution in [3.63, 3.8) is 0 Å². The number of allylic oxidation sites excluding steroid dienone is 1. The molecule has 2 saturated heterocycles. The second-order valence-electron chi connectivity index (χ2n) is 16.6. The molecule has 0 aromatic heterocycles. The first-order chi connectivity index (χ1) is 26.6. The molecule has 3 rings (SSSR count). The molecule has 14 nitrogen and oxygen atoms in total. The van der Waals surface area contributed by atoms with Crippen molar-refractivity contribution in [2.75, 3.05) is 28.3 Å². The number of esters is 2. The largest absolute Gasteiger partial charge is 0.497 e. The summed E-state index contributed by atoms with van der Waals surface area (Å²) < 4.78 is 43.4. The Balaban J connectivity index is 2.24. The van der Waals surface area contributed by atoms with Gasteiger partial charge in [0.05, 0.1) is 55.7 Å². The van der Waals surface area contributed by atoms with Gasteiger partial charge in [0.1, 0.15) is 29.3 Å². The molecular formula is C43H67NO13. The Bertz CT molecular complexity index is 1530. The van der Waals surface area contributed by atoms with Gasteiger partial charge in [-0.15, -0.1) is 0 Å². The number of hydrogen-bond acceptors (Lipinski definition) is 14. The third kappa shape index (κ3) is 11.9. The standard InChI is InChI=1S/C43H67NO13/c1-14-33-43(9,50)38(48)27(5)35(47)24(2)23-42(8,52-13)39(57-41-37(53-20-19-25(3)45)32(44(10)11)21-26(4)54-41)28(6)36(29(7)40(49)55-33)56-34(46)22-30-15-17-31(51-12)18-16-30/h15-20,24,26-29,32-33,36-39,41,48,50H,14,21-23H2,1-13H3/b20-19+/t24-,26-,27+,28+,29-,32+,33-,36+,37-,38-,39-,41+,42+,43-/m1/s1. The number of methoxy groups -OCH3 is 2. The van der Waals surface area contributed by atoms with Crippen LogP contribution < -0.4 is 4.74 Å². The van der Waals surface area contributed by atoms with Gasteiger partial charge in [0.15, 0.2) is 18.2 Å². The highest BCUT2D eigenvalue weighted by atomic mass is 16.7. The van der Waals surface area contributed by atoms with Crippen LogP contribution >= 0.6 is 0 Å². The van der Waals surface area contributed by atoms with E-state index in [4.69, 9.17) is 33.2 Å². The molecule has 0 saturated carbocycles. The zero-order valence-electron chi connectivity index (χ0n) is 36.1. The molecule has 2 fully saturated rings.